The summed E-state index contributed by atoms with van der Waals surface area (Å²) >= 11 is 0. The molecule has 0 atom stereocenters. The number of nitrogens with zero attached hydrogens (tertiary/aromatic N) is 3. The van der Waals surface area contributed by atoms with Gasteiger partial charge in [0.1, 0.15) is 11.5 Å². The quantitative estimate of drug-likeness (QED) is 0.891. The number of carboxylic acids is 1. The fraction of sp³-hybridized carbons (Fsp3) is 0.444. The van der Waals surface area contributed by atoms with E-state index in [0.29, 0.717) is 17.2 Å². The van der Waals surface area contributed by atoms with Crippen LogP contribution in [-0.4, -0.2) is 50.5 Å². The molecular weight excluding hydrogens is 338 g/mol. The molecule has 0 radical (unpaired) electrons. The van der Waals surface area contributed by atoms with E-state index < -0.39 is 11.6 Å². The molecule has 0 aliphatic carbocycles. The van der Waals surface area contributed by atoms with Crippen LogP contribution >= 0.6 is 0 Å². The predicted octanol–water partition coefficient (Wildman–Crippen LogP) is 2.13. The van der Waals surface area contributed by atoms with Crippen molar-refractivity contribution < 1.29 is 23.8 Å². The molecule has 8 nitrogen and oxygen atoms in total. The van der Waals surface area contributed by atoms with E-state index in [1.165, 1.54) is 6.39 Å². The van der Waals surface area contributed by atoms with E-state index in [4.69, 9.17) is 9.15 Å². The van der Waals surface area contributed by atoms with Crippen LogP contribution in [0, 0.1) is 20.8 Å². The van der Waals surface area contributed by atoms with Gasteiger partial charge in [-0.3, -0.25) is 9.78 Å². The predicted molar refractivity (Wildman–Crippen MR) is 91.1 cm³/mol. The second-order valence-corrected chi connectivity index (χ2v) is 6.49. The maximum atomic E-state index is 12.5. The van der Waals surface area contributed by atoms with Crippen molar-refractivity contribution >= 4 is 11.9 Å². The van der Waals surface area contributed by atoms with Gasteiger partial charge in [0.25, 0.3) is 5.91 Å². The van der Waals surface area contributed by atoms with E-state index in [2.05, 4.69) is 9.97 Å². The Kier molecular flexibility index (Phi) is 4.67. The average molecular weight is 359 g/mol. The van der Waals surface area contributed by atoms with Crippen molar-refractivity contribution in [2.45, 2.75) is 39.2 Å². The number of piperidine rings is 1. The number of carbonyl (C=O) groups excluding carboxylic acids is 1. The first-order chi connectivity index (χ1) is 12.3. The molecule has 1 aliphatic heterocycles. The molecular formula is C18H21N3O5. The largest absolute Gasteiger partial charge is 0.478 e. The third-order valence-electron chi connectivity index (χ3n) is 4.68. The molecule has 1 aliphatic rings. The van der Waals surface area contributed by atoms with Crippen LogP contribution in [0.5, 0.6) is 5.75 Å². The summed E-state index contributed by atoms with van der Waals surface area (Å²) in [6, 6.07) is 3.52. The van der Waals surface area contributed by atoms with Crippen molar-refractivity contribution in [1.29, 1.82) is 0 Å². The molecule has 0 saturated carbocycles. The second-order valence-electron chi connectivity index (χ2n) is 6.49. The van der Waals surface area contributed by atoms with Crippen LogP contribution < -0.4 is 4.74 Å². The van der Waals surface area contributed by atoms with Gasteiger partial charge in [-0.15, -0.1) is 0 Å². The van der Waals surface area contributed by atoms with Crippen LogP contribution in [0.2, 0.25) is 0 Å². The van der Waals surface area contributed by atoms with Crippen LogP contribution in [-0.2, 0) is 4.79 Å². The number of amides is 1. The number of aliphatic carboxylic acids is 1. The molecule has 3 rings (SSSR count). The lowest BCUT2D eigenvalue weighted by atomic mass is 9.90. The van der Waals surface area contributed by atoms with Crippen LogP contribution in [0.3, 0.4) is 0 Å². The average Bonchev–Trinajstić information content (AvgIpc) is 3.03. The van der Waals surface area contributed by atoms with Crippen LogP contribution in [0.1, 0.15) is 40.5 Å². The first-order valence-electron chi connectivity index (χ1n) is 8.38. The molecule has 1 fully saturated rings. The van der Waals surface area contributed by atoms with Crippen LogP contribution in [0.4, 0.5) is 0 Å². The van der Waals surface area contributed by atoms with E-state index in [0.717, 1.165) is 5.69 Å². The van der Waals surface area contributed by atoms with Gasteiger partial charge in [-0.05, 0) is 32.9 Å². The van der Waals surface area contributed by atoms with Gasteiger partial charge < -0.3 is 19.2 Å². The number of oxazole rings is 1. The second kappa shape index (κ2) is 6.78. The van der Waals surface area contributed by atoms with Crippen molar-refractivity contribution in [3.05, 3.63) is 41.4 Å². The van der Waals surface area contributed by atoms with Gasteiger partial charge in [0.05, 0.1) is 5.69 Å². The monoisotopic (exact) mass is 359 g/mol. The highest BCUT2D eigenvalue weighted by molar-refractivity contribution is 5.93. The van der Waals surface area contributed by atoms with Crippen molar-refractivity contribution in [1.82, 2.24) is 14.9 Å². The highest BCUT2D eigenvalue weighted by atomic mass is 16.5. The molecule has 3 heterocycles. The highest BCUT2D eigenvalue weighted by Crippen LogP contribution is 2.31. The molecule has 0 bridgehead atoms. The number of likely N-dealkylation sites (tertiary alicyclic amines) is 1. The molecule has 2 aromatic heterocycles. The van der Waals surface area contributed by atoms with E-state index >= 15 is 0 Å². The van der Waals surface area contributed by atoms with E-state index in [9.17, 15) is 14.7 Å². The Labute approximate surface area is 150 Å². The van der Waals surface area contributed by atoms with E-state index in [1.807, 2.05) is 6.92 Å². The number of hydrogen-bond acceptors (Lipinski definition) is 6. The van der Waals surface area contributed by atoms with Crippen LogP contribution in [0.25, 0.3) is 0 Å². The van der Waals surface area contributed by atoms with E-state index in [-0.39, 0.29) is 37.5 Å². The molecule has 26 heavy (non-hydrogen) atoms. The molecule has 8 heteroatoms. The summed E-state index contributed by atoms with van der Waals surface area (Å²) in [5.74, 6) is -0.404. The third-order valence-corrected chi connectivity index (χ3v) is 4.68. The Morgan fingerprint density at radius 2 is 1.92 bits per heavy atom. The number of hydrogen-bond donors (Lipinski definition) is 1. The van der Waals surface area contributed by atoms with Gasteiger partial charge >= 0.3 is 5.97 Å². The summed E-state index contributed by atoms with van der Waals surface area (Å²) in [6.07, 6.45) is 1.58. The summed E-state index contributed by atoms with van der Waals surface area (Å²) < 4.78 is 11.0. The summed E-state index contributed by atoms with van der Waals surface area (Å²) in [5.41, 5.74) is 0.356. The Balaban J connectivity index is 1.76. The number of carboxylic acid groups (broad SMARTS) is 1. The molecule has 0 aromatic carbocycles. The zero-order chi connectivity index (χ0) is 18.9. The molecule has 1 saturated heterocycles. The molecule has 1 amide bonds. The van der Waals surface area contributed by atoms with Gasteiger partial charge in [0.15, 0.2) is 12.1 Å². The first-order valence-corrected chi connectivity index (χ1v) is 8.38. The van der Waals surface area contributed by atoms with Gasteiger partial charge in [0.2, 0.25) is 5.60 Å². The number of aromatic nitrogens is 2. The number of ether oxygens (including phenoxy) is 1. The van der Waals surface area contributed by atoms with Gasteiger partial charge in [-0.2, -0.15) is 0 Å². The normalized spacial score (nSPS) is 16.3. The third kappa shape index (κ3) is 3.26. The number of aryl methyl sites for hydroxylation is 3. The molecule has 0 spiro atoms. The highest BCUT2D eigenvalue weighted by Gasteiger charge is 2.45. The van der Waals surface area contributed by atoms with Gasteiger partial charge in [-0.1, -0.05) is 0 Å². The topological polar surface area (TPSA) is 106 Å². The molecule has 138 valence electrons. The first kappa shape index (κ1) is 17.9. The fourth-order valence-corrected chi connectivity index (χ4v) is 3.08. The Bertz CT molecular complexity index is 837. The molecule has 1 N–H and O–H groups in total. The molecule has 0 unspecified atom stereocenters. The SMILES string of the molecule is Cc1ccc(OC2(C(=O)O)CCN(C(=O)c3ncoc3C)CC2)c(C)n1. The fourth-order valence-electron chi connectivity index (χ4n) is 3.08. The minimum atomic E-state index is -1.38. The van der Waals surface area contributed by atoms with Crippen molar-refractivity contribution in [2.75, 3.05) is 13.1 Å². The lowest BCUT2D eigenvalue weighted by Crippen LogP contribution is -2.54. The van der Waals surface area contributed by atoms with Crippen LogP contribution in [0.15, 0.2) is 22.9 Å². The Morgan fingerprint density at radius 3 is 2.46 bits per heavy atom. The number of rotatable bonds is 4. The Morgan fingerprint density at radius 1 is 1.23 bits per heavy atom. The number of pyridine rings is 1. The summed E-state index contributed by atoms with van der Waals surface area (Å²) in [5, 5.41) is 9.77. The maximum Gasteiger partial charge on any atom is 0.348 e. The van der Waals surface area contributed by atoms with Crippen molar-refractivity contribution in [2.24, 2.45) is 0 Å². The standard InChI is InChI=1S/C18H21N3O5/c1-11-4-5-14(12(2)20-11)26-18(17(23)24)6-8-21(9-7-18)16(22)15-13(3)25-10-19-15/h4-5,10H,6-9H2,1-3H3,(H,23,24). The Hall–Kier alpha value is -2.90. The van der Waals surface area contributed by atoms with Gasteiger partial charge in [0, 0.05) is 31.6 Å². The minimum Gasteiger partial charge on any atom is -0.478 e. The summed E-state index contributed by atoms with van der Waals surface area (Å²) in [7, 11) is 0. The summed E-state index contributed by atoms with van der Waals surface area (Å²) in [6.45, 7) is 5.83. The summed E-state index contributed by atoms with van der Waals surface area (Å²) in [4.78, 5) is 34.3. The smallest absolute Gasteiger partial charge is 0.348 e. The maximum absolute atomic E-state index is 12.5. The zero-order valence-corrected chi connectivity index (χ0v) is 15.0. The minimum absolute atomic E-state index is 0.179. The van der Waals surface area contributed by atoms with Crippen molar-refractivity contribution in [3.8, 4) is 5.75 Å². The number of carbonyl (C=O) groups is 2. The lowest BCUT2D eigenvalue weighted by Gasteiger charge is -2.38. The zero-order valence-electron chi connectivity index (χ0n) is 15.0. The van der Waals surface area contributed by atoms with Crippen molar-refractivity contribution in [3.63, 3.8) is 0 Å². The lowest BCUT2D eigenvalue weighted by molar-refractivity contribution is -0.159. The van der Waals surface area contributed by atoms with E-state index in [1.54, 1.807) is 30.9 Å². The van der Waals surface area contributed by atoms with Gasteiger partial charge in [-0.25, -0.2) is 9.78 Å². The molecule has 2 aromatic rings.